The lowest BCUT2D eigenvalue weighted by Gasteiger charge is -2.46. The summed E-state index contributed by atoms with van der Waals surface area (Å²) in [7, 11) is 1.62. The van der Waals surface area contributed by atoms with E-state index in [1.54, 1.807) is 25.2 Å². The molecule has 0 spiro atoms. The lowest BCUT2D eigenvalue weighted by atomic mass is 9.57. The molecule has 1 saturated heterocycles. The van der Waals surface area contributed by atoms with Crippen LogP contribution in [0.25, 0.3) is 0 Å². The van der Waals surface area contributed by atoms with E-state index in [1.807, 2.05) is 12.1 Å². The fraction of sp³-hybridized carbons (Fsp3) is 0.500. The molecule has 2 fully saturated rings. The summed E-state index contributed by atoms with van der Waals surface area (Å²) >= 11 is 0. The normalized spacial score (nSPS) is 24.1. The summed E-state index contributed by atoms with van der Waals surface area (Å²) in [4.78, 5) is 18.6. The predicted octanol–water partition coefficient (Wildman–Crippen LogP) is 5.80. The second-order valence-electron chi connectivity index (χ2n) is 12.1. The van der Waals surface area contributed by atoms with Crippen molar-refractivity contribution in [2.24, 2.45) is 11.8 Å². The largest absolute Gasteiger partial charge is 0.416 e. The van der Waals surface area contributed by atoms with E-state index >= 15 is 0 Å². The molecule has 8 nitrogen and oxygen atoms in total. The van der Waals surface area contributed by atoms with Crippen molar-refractivity contribution in [3.8, 4) is 6.07 Å². The van der Waals surface area contributed by atoms with Gasteiger partial charge in [0.15, 0.2) is 0 Å². The number of nitriles is 1. The Morgan fingerprint density at radius 2 is 2.05 bits per heavy atom. The SMILES string of the molecule is CCC1COCCN(Cc2cc3c(c(C(F)(F)F)c2)CN(c2cccc(C4(CC(=N)N(C)C=N)CC(C#N)C4)c2)C3=O)C1. The molecule has 2 aromatic rings. The lowest BCUT2D eigenvalue weighted by Crippen LogP contribution is -2.44. The first-order valence-corrected chi connectivity index (χ1v) is 14.6. The number of hydrogen-bond donors (Lipinski definition) is 2. The number of halogens is 3. The van der Waals surface area contributed by atoms with Crippen molar-refractivity contribution >= 4 is 23.8 Å². The number of carbonyl (C=O) groups excluding carboxylic acids is 1. The summed E-state index contributed by atoms with van der Waals surface area (Å²) in [6.07, 6.45) is -1.29. The molecule has 0 bridgehead atoms. The van der Waals surface area contributed by atoms with Crippen molar-refractivity contribution in [2.45, 2.75) is 57.3 Å². The summed E-state index contributed by atoms with van der Waals surface area (Å²) in [6, 6.07) is 12.3. The summed E-state index contributed by atoms with van der Waals surface area (Å²) in [5, 5.41) is 25.4. The number of anilines is 1. The summed E-state index contributed by atoms with van der Waals surface area (Å²) in [5.74, 6) is -0.111. The van der Waals surface area contributed by atoms with Gasteiger partial charge in [0.1, 0.15) is 5.84 Å². The Balaban J connectivity index is 1.45. The number of benzene rings is 2. The molecule has 1 aliphatic carbocycles. The monoisotopic (exact) mass is 594 g/mol. The molecule has 2 N–H and O–H groups in total. The van der Waals surface area contributed by atoms with Crippen LogP contribution in [0.3, 0.4) is 0 Å². The maximum atomic E-state index is 14.4. The number of nitrogens with zero attached hydrogens (tertiary/aromatic N) is 4. The second-order valence-corrected chi connectivity index (χ2v) is 12.1. The molecule has 1 unspecified atom stereocenters. The molecule has 5 rings (SSSR count). The quantitative estimate of drug-likeness (QED) is 0.297. The average Bonchev–Trinajstić information content (AvgIpc) is 3.13. The van der Waals surface area contributed by atoms with Crippen molar-refractivity contribution in [1.29, 1.82) is 16.1 Å². The molecule has 1 atom stereocenters. The van der Waals surface area contributed by atoms with Crippen LogP contribution in [0.2, 0.25) is 0 Å². The van der Waals surface area contributed by atoms with Gasteiger partial charge in [0.25, 0.3) is 5.91 Å². The van der Waals surface area contributed by atoms with Crippen LogP contribution in [0, 0.1) is 34.0 Å². The van der Waals surface area contributed by atoms with Crippen molar-refractivity contribution in [2.75, 3.05) is 38.3 Å². The molecule has 0 aromatic heterocycles. The first-order chi connectivity index (χ1) is 20.5. The lowest BCUT2D eigenvalue weighted by molar-refractivity contribution is -0.138. The Kier molecular flexibility index (Phi) is 8.63. The van der Waals surface area contributed by atoms with Crippen LogP contribution in [0.1, 0.15) is 65.2 Å². The smallest absolute Gasteiger partial charge is 0.380 e. The van der Waals surface area contributed by atoms with Crippen LogP contribution in [-0.2, 0) is 29.4 Å². The van der Waals surface area contributed by atoms with E-state index in [0.717, 1.165) is 24.9 Å². The minimum Gasteiger partial charge on any atom is -0.380 e. The highest BCUT2D eigenvalue weighted by atomic mass is 19.4. The molecule has 2 aromatic carbocycles. The van der Waals surface area contributed by atoms with Gasteiger partial charge in [-0.3, -0.25) is 20.5 Å². The van der Waals surface area contributed by atoms with Crippen molar-refractivity contribution < 1.29 is 22.7 Å². The van der Waals surface area contributed by atoms with Gasteiger partial charge in [0.05, 0.1) is 37.7 Å². The molecule has 2 heterocycles. The topological polar surface area (TPSA) is 108 Å². The Bertz CT molecular complexity index is 1450. The van der Waals surface area contributed by atoms with Gasteiger partial charge in [0.2, 0.25) is 0 Å². The Morgan fingerprint density at radius 3 is 2.72 bits per heavy atom. The van der Waals surface area contributed by atoms with Gasteiger partial charge < -0.3 is 14.5 Å². The van der Waals surface area contributed by atoms with Gasteiger partial charge in [-0.15, -0.1) is 0 Å². The van der Waals surface area contributed by atoms with E-state index in [1.165, 1.54) is 15.9 Å². The highest BCUT2D eigenvalue weighted by Gasteiger charge is 2.47. The zero-order chi connectivity index (χ0) is 30.9. The van der Waals surface area contributed by atoms with Crippen molar-refractivity contribution in [3.05, 3.63) is 64.2 Å². The van der Waals surface area contributed by atoms with E-state index in [2.05, 4.69) is 17.9 Å². The molecule has 228 valence electrons. The molecule has 2 aliphatic heterocycles. The first kappa shape index (κ1) is 30.7. The summed E-state index contributed by atoms with van der Waals surface area (Å²) < 4.78 is 48.8. The Hall–Kier alpha value is -3.75. The van der Waals surface area contributed by atoms with Gasteiger partial charge >= 0.3 is 6.18 Å². The number of amides is 1. The van der Waals surface area contributed by atoms with E-state index in [9.17, 15) is 23.2 Å². The third-order valence-electron chi connectivity index (χ3n) is 9.16. The maximum Gasteiger partial charge on any atom is 0.416 e. The number of ether oxygens (including phenoxy) is 1. The van der Waals surface area contributed by atoms with Crippen LogP contribution in [0.5, 0.6) is 0 Å². The number of nitrogens with one attached hydrogen (secondary N) is 2. The molecule has 1 amide bonds. The molecule has 11 heteroatoms. The zero-order valence-corrected chi connectivity index (χ0v) is 24.5. The third-order valence-corrected chi connectivity index (χ3v) is 9.16. The van der Waals surface area contributed by atoms with Gasteiger partial charge in [-0.25, -0.2) is 0 Å². The minimum atomic E-state index is -4.62. The molecule has 0 radical (unpaired) electrons. The summed E-state index contributed by atoms with van der Waals surface area (Å²) in [5.41, 5.74) is 0.514. The highest BCUT2D eigenvalue weighted by Crippen LogP contribution is 2.51. The van der Waals surface area contributed by atoms with Crippen LogP contribution in [0.15, 0.2) is 36.4 Å². The van der Waals surface area contributed by atoms with Crippen LogP contribution < -0.4 is 4.90 Å². The zero-order valence-electron chi connectivity index (χ0n) is 24.5. The molecular weight excluding hydrogens is 557 g/mol. The Labute approximate surface area is 250 Å². The predicted molar refractivity (Wildman–Crippen MR) is 157 cm³/mol. The number of alkyl halides is 3. The number of fused-ring (bicyclic) bond motifs is 1. The van der Waals surface area contributed by atoms with E-state index in [-0.39, 0.29) is 29.4 Å². The first-order valence-electron chi connectivity index (χ1n) is 14.6. The van der Waals surface area contributed by atoms with Crippen LogP contribution in [0.4, 0.5) is 18.9 Å². The van der Waals surface area contributed by atoms with Gasteiger partial charge in [-0.1, -0.05) is 19.1 Å². The number of rotatable bonds is 8. The number of carbonyl (C=O) groups is 1. The molecule has 1 saturated carbocycles. The Morgan fingerprint density at radius 1 is 1.28 bits per heavy atom. The fourth-order valence-corrected chi connectivity index (χ4v) is 6.61. The van der Waals surface area contributed by atoms with Crippen molar-refractivity contribution in [1.82, 2.24) is 9.80 Å². The second kappa shape index (κ2) is 12.1. The van der Waals surface area contributed by atoms with E-state index in [4.69, 9.17) is 15.6 Å². The fourth-order valence-electron chi connectivity index (χ4n) is 6.61. The molecular formula is C32H37F3N6O2. The van der Waals surface area contributed by atoms with Gasteiger partial charge in [-0.05, 0) is 66.1 Å². The van der Waals surface area contributed by atoms with Gasteiger partial charge in [-0.2, -0.15) is 18.4 Å². The van der Waals surface area contributed by atoms with Crippen LogP contribution >= 0.6 is 0 Å². The summed E-state index contributed by atoms with van der Waals surface area (Å²) in [6.45, 7) is 4.68. The number of amidine groups is 1. The average molecular weight is 595 g/mol. The maximum absolute atomic E-state index is 14.4. The van der Waals surface area contributed by atoms with Gasteiger partial charge in [0, 0.05) is 55.7 Å². The number of hydrogen-bond acceptors (Lipinski definition) is 6. The molecule has 3 aliphatic rings. The minimum absolute atomic E-state index is 0.0189. The van der Waals surface area contributed by atoms with Crippen molar-refractivity contribution in [3.63, 3.8) is 0 Å². The van der Waals surface area contributed by atoms with E-state index < -0.39 is 23.1 Å². The highest BCUT2D eigenvalue weighted by molar-refractivity contribution is 6.10. The van der Waals surface area contributed by atoms with E-state index in [0.29, 0.717) is 62.7 Å². The molecule has 43 heavy (non-hydrogen) atoms. The third kappa shape index (κ3) is 6.17. The standard InChI is InChI=1S/C32H37F3N6O2/c1-3-21-16-40(7-8-43-19-21)17-22-9-26-27(28(10-22)32(33,34)35)18-41(30(26)42)25-6-4-5-24(11-25)31(12-23(13-31)15-36)14-29(38)39(2)20-37/h4-6,9-11,20-21,23,37-38H,3,7-8,12-14,16-19H2,1-2H3. The van der Waals surface area contributed by atoms with Crippen LogP contribution in [-0.4, -0.2) is 61.2 Å².